The molecule has 32 heavy (non-hydrogen) atoms. The van der Waals surface area contributed by atoms with Crippen molar-refractivity contribution in [3.05, 3.63) is 65.4 Å². The maximum Gasteiger partial charge on any atom is 0.145 e. The number of nitrogens with zero attached hydrogens (tertiary/aromatic N) is 2. The summed E-state index contributed by atoms with van der Waals surface area (Å²) in [6.07, 6.45) is 4.71. The molecule has 1 aromatic heterocycles. The molecule has 1 saturated heterocycles. The summed E-state index contributed by atoms with van der Waals surface area (Å²) < 4.78 is 5.58. The second-order valence-electron chi connectivity index (χ2n) is 10.1. The number of ether oxygens (including phenoxy) is 1. The molecule has 3 aromatic rings. The summed E-state index contributed by atoms with van der Waals surface area (Å²) in [6.45, 7) is 2.70. The van der Waals surface area contributed by atoms with Crippen molar-refractivity contribution >= 4 is 10.9 Å². The van der Waals surface area contributed by atoms with E-state index in [9.17, 15) is 10.2 Å². The number of aromatic hydroxyl groups is 1. The average Bonchev–Trinajstić information content (AvgIpc) is 3.59. The number of rotatable bonds is 4. The summed E-state index contributed by atoms with van der Waals surface area (Å²) in [7, 11) is 1.68. The summed E-state index contributed by atoms with van der Waals surface area (Å²) in [5.41, 5.74) is 2.66. The van der Waals surface area contributed by atoms with Gasteiger partial charge in [-0.2, -0.15) is 0 Å². The van der Waals surface area contributed by atoms with Crippen LogP contribution < -0.4 is 4.74 Å². The maximum absolute atomic E-state index is 12.3. The lowest BCUT2D eigenvalue weighted by atomic mass is 9.56. The van der Waals surface area contributed by atoms with Crippen LogP contribution in [0.25, 0.3) is 10.9 Å². The zero-order valence-electron chi connectivity index (χ0n) is 18.6. The molecule has 2 aliphatic carbocycles. The highest BCUT2D eigenvalue weighted by atomic mass is 16.5. The highest BCUT2D eigenvalue weighted by Gasteiger charge is 2.57. The number of fused-ring (bicyclic) bond motifs is 3. The lowest BCUT2D eigenvalue weighted by Gasteiger charge is -2.56. The Balaban J connectivity index is 1.49. The van der Waals surface area contributed by atoms with Crippen molar-refractivity contribution in [2.75, 3.05) is 26.7 Å². The van der Waals surface area contributed by atoms with Crippen LogP contribution >= 0.6 is 0 Å². The van der Waals surface area contributed by atoms with Gasteiger partial charge in [0.15, 0.2) is 0 Å². The van der Waals surface area contributed by atoms with E-state index in [-0.39, 0.29) is 5.75 Å². The minimum absolute atomic E-state index is 0.249. The minimum atomic E-state index is -0.908. The molecule has 166 valence electrons. The topological polar surface area (TPSA) is 65.8 Å². The van der Waals surface area contributed by atoms with Crippen molar-refractivity contribution in [2.45, 2.75) is 43.1 Å². The Hall–Kier alpha value is -2.63. The monoisotopic (exact) mass is 430 g/mol. The molecule has 5 heteroatoms. The fourth-order valence-electron chi connectivity index (χ4n) is 6.12. The zero-order valence-corrected chi connectivity index (χ0v) is 18.6. The van der Waals surface area contributed by atoms with Gasteiger partial charge in [0.05, 0.1) is 12.7 Å². The Bertz CT molecular complexity index is 1190. The molecule has 0 bridgehead atoms. The van der Waals surface area contributed by atoms with Crippen LogP contribution in [0.3, 0.4) is 0 Å². The van der Waals surface area contributed by atoms with E-state index in [0.29, 0.717) is 19.4 Å². The molecule has 2 heterocycles. The third-order valence-corrected chi connectivity index (χ3v) is 7.99. The van der Waals surface area contributed by atoms with Crippen LogP contribution in [0.15, 0.2) is 48.5 Å². The lowest BCUT2D eigenvalue weighted by molar-refractivity contribution is -0.104. The number of piperidine rings is 1. The molecule has 2 fully saturated rings. The van der Waals surface area contributed by atoms with Gasteiger partial charge >= 0.3 is 0 Å². The van der Waals surface area contributed by atoms with Crippen molar-refractivity contribution in [2.24, 2.45) is 5.92 Å². The van der Waals surface area contributed by atoms with Gasteiger partial charge in [0.2, 0.25) is 0 Å². The number of benzene rings is 2. The highest BCUT2D eigenvalue weighted by Crippen LogP contribution is 2.51. The van der Waals surface area contributed by atoms with Crippen molar-refractivity contribution in [3.8, 4) is 11.5 Å². The molecule has 2 atom stereocenters. The van der Waals surface area contributed by atoms with Gasteiger partial charge in [-0.15, -0.1) is 0 Å². The second kappa shape index (κ2) is 7.19. The van der Waals surface area contributed by atoms with Gasteiger partial charge in [-0.3, -0.25) is 0 Å². The molecular formula is C27H30N2O3. The normalized spacial score (nSPS) is 27.7. The molecule has 5 nitrogen and oxygen atoms in total. The number of phenols is 1. The Morgan fingerprint density at radius 2 is 1.97 bits per heavy atom. The van der Waals surface area contributed by atoms with E-state index in [2.05, 4.69) is 23.1 Å². The molecule has 0 radical (unpaired) electrons. The summed E-state index contributed by atoms with van der Waals surface area (Å²) >= 11 is 0. The molecule has 2 N–H and O–H groups in total. The summed E-state index contributed by atoms with van der Waals surface area (Å²) in [6, 6.07) is 15.7. The maximum atomic E-state index is 12.3. The molecule has 1 aliphatic heterocycles. The van der Waals surface area contributed by atoms with Gasteiger partial charge in [-0.25, -0.2) is 4.98 Å². The van der Waals surface area contributed by atoms with Gasteiger partial charge in [0.1, 0.15) is 17.0 Å². The number of phenolic OH excluding ortho intramolecular Hbond substituents is 1. The Kier molecular flexibility index (Phi) is 4.50. The molecule has 1 saturated carbocycles. The van der Waals surface area contributed by atoms with E-state index in [0.717, 1.165) is 58.9 Å². The van der Waals surface area contributed by atoms with Crippen molar-refractivity contribution in [1.29, 1.82) is 0 Å². The number of methoxy groups -OCH3 is 1. The summed E-state index contributed by atoms with van der Waals surface area (Å²) in [5, 5.41) is 23.7. The lowest BCUT2D eigenvalue weighted by Crippen LogP contribution is -2.66. The Labute approximate surface area is 188 Å². The van der Waals surface area contributed by atoms with Gasteiger partial charge < -0.3 is 19.8 Å². The standard InChI is InChI=1S/C27H30N2O3/c1-32-24-7-2-4-19-12-20-14-27(31)17-29(16-18-8-9-18)11-10-26(27,15-23(20)28-25(19)24)21-5-3-6-22(30)13-21/h2-7,12-13,18,30-31H,8-11,14-17H2,1H3/t26-,27-/m0/s1. The first-order valence-electron chi connectivity index (χ1n) is 11.7. The fraction of sp³-hybridized carbons (Fsp3) is 0.444. The van der Waals surface area contributed by atoms with Crippen LogP contribution in [0.2, 0.25) is 0 Å². The van der Waals surface area contributed by atoms with E-state index in [1.54, 1.807) is 13.2 Å². The Morgan fingerprint density at radius 1 is 1.12 bits per heavy atom. The third-order valence-electron chi connectivity index (χ3n) is 7.99. The minimum Gasteiger partial charge on any atom is -0.508 e. The smallest absolute Gasteiger partial charge is 0.145 e. The van der Waals surface area contributed by atoms with Gasteiger partial charge in [0.25, 0.3) is 0 Å². The average molecular weight is 431 g/mol. The third kappa shape index (κ3) is 3.10. The van der Waals surface area contributed by atoms with Gasteiger partial charge in [0, 0.05) is 42.4 Å². The van der Waals surface area contributed by atoms with Crippen LogP contribution in [-0.2, 0) is 18.3 Å². The number of hydrogen-bond acceptors (Lipinski definition) is 5. The first kappa shape index (κ1) is 20.0. The number of likely N-dealkylation sites (tertiary alicyclic amines) is 1. The van der Waals surface area contributed by atoms with E-state index in [1.165, 1.54) is 12.8 Å². The van der Waals surface area contributed by atoms with Crippen LogP contribution in [0, 0.1) is 5.92 Å². The van der Waals surface area contributed by atoms with Crippen molar-refractivity contribution < 1.29 is 14.9 Å². The molecule has 0 spiro atoms. The predicted octanol–water partition coefficient (Wildman–Crippen LogP) is 3.83. The molecular weight excluding hydrogens is 400 g/mol. The van der Waals surface area contributed by atoms with Gasteiger partial charge in [-0.1, -0.05) is 24.3 Å². The molecule has 2 aromatic carbocycles. The first-order valence-corrected chi connectivity index (χ1v) is 11.7. The summed E-state index contributed by atoms with van der Waals surface area (Å²) in [4.78, 5) is 7.53. The number of aromatic nitrogens is 1. The highest BCUT2D eigenvalue weighted by molar-refractivity contribution is 5.85. The number of hydrogen-bond donors (Lipinski definition) is 2. The van der Waals surface area contributed by atoms with E-state index >= 15 is 0 Å². The van der Waals surface area contributed by atoms with Crippen molar-refractivity contribution in [3.63, 3.8) is 0 Å². The SMILES string of the molecule is COc1cccc2cc3c(nc12)C[C@]1(c2cccc(O)c2)CCN(CC2CC2)C[C@@]1(O)C3. The molecule has 3 aliphatic rings. The number of β-amino-alcohol motifs (C(OH)–C–C–N with tert-alkyl or cyclic N) is 1. The van der Waals surface area contributed by atoms with Gasteiger partial charge in [-0.05, 0) is 67.1 Å². The van der Waals surface area contributed by atoms with Crippen LogP contribution in [0.1, 0.15) is 36.1 Å². The van der Waals surface area contributed by atoms with Crippen LogP contribution in [-0.4, -0.2) is 52.4 Å². The zero-order chi connectivity index (χ0) is 21.9. The summed E-state index contributed by atoms with van der Waals surface area (Å²) in [5.74, 6) is 1.82. The fourth-order valence-corrected chi connectivity index (χ4v) is 6.12. The molecule has 0 unspecified atom stereocenters. The number of para-hydroxylation sites is 1. The Morgan fingerprint density at radius 3 is 2.75 bits per heavy atom. The first-order chi connectivity index (χ1) is 15.5. The van der Waals surface area contributed by atoms with E-state index in [1.807, 2.05) is 24.3 Å². The van der Waals surface area contributed by atoms with Crippen LogP contribution in [0.5, 0.6) is 11.5 Å². The molecule has 6 rings (SSSR count). The van der Waals surface area contributed by atoms with E-state index in [4.69, 9.17) is 9.72 Å². The predicted molar refractivity (Wildman–Crippen MR) is 124 cm³/mol. The second-order valence-corrected chi connectivity index (χ2v) is 10.1. The van der Waals surface area contributed by atoms with Crippen molar-refractivity contribution in [1.82, 2.24) is 9.88 Å². The quantitative estimate of drug-likeness (QED) is 0.659. The number of aliphatic hydroxyl groups is 1. The molecule has 0 amide bonds. The largest absolute Gasteiger partial charge is 0.508 e. The van der Waals surface area contributed by atoms with E-state index < -0.39 is 11.0 Å². The number of pyridine rings is 1. The van der Waals surface area contributed by atoms with Crippen LogP contribution in [0.4, 0.5) is 0 Å².